The van der Waals surface area contributed by atoms with E-state index in [9.17, 15) is 4.79 Å². The fourth-order valence-electron chi connectivity index (χ4n) is 2.53. The predicted octanol–water partition coefficient (Wildman–Crippen LogP) is 1.88. The van der Waals surface area contributed by atoms with Crippen molar-refractivity contribution in [3.05, 3.63) is 0 Å². The maximum absolute atomic E-state index is 11.8. The van der Waals surface area contributed by atoms with Crippen molar-refractivity contribution in [2.45, 2.75) is 45.6 Å². The number of hydrogen-bond acceptors (Lipinski definition) is 2. The van der Waals surface area contributed by atoms with E-state index in [0.717, 1.165) is 24.3 Å². The first-order valence-electron chi connectivity index (χ1n) is 7.06. The molecule has 0 radical (unpaired) electrons. The Bertz CT molecular complexity index is 257. The van der Waals surface area contributed by atoms with Gasteiger partial charge in [0.1, 0.15) is 0 Å². The third kappa shape index (κ3) is 3.70. The molecule has 0 saturated heterocycles. The van der Waals surface area contributed by atoms with Crippen LogP contribution in [-0.2, 0) is 4.79 Å². The van der Waals surface area contributed by atoms with Crippen LogP contribution in [0.5, 0.6) is 0 Å². The second-order valence-electron chi connectivity index (χ2n) is 6.07. The van der Waals surface area contributed by atoms with Crippen LogP contribution in [0.25, 0.3) is 0 Å². The normalized spacial score (nSPS) is 20.1. The molecule has 0 aromatic carbocycles. The molecule has 0 spiro atoms. The number of hydrogen-bond donors (Lipinski definition) is 1. The van der Waals surface area contributed by atoms with Crippen molar-refractivity contribution in [1.29, 1.82) is 0 Å². The molecule has 1 amide bonds. The molecule has 2 fully saturated rings. The van der Waals surface area contributed by atoms with Gasteiger partial charge < -0.3 is 10.2 Å². The summed E-state index contributed by atoms with van der Waals surface area (Å²) in [7, 11) is 1.88. The molecule has 0 aliphatic heterocycles. The Labute approximate surface area is 105 Å². The third-order valence-corrected chi connectivity index (χ3v) is 4.28. The summed E-state index contributed by atoms with van der Waals surface area (Å²) in [5.41, 5.74) is 0. The second kappa shape index (κ2) is 5.38. The topological polar surface area (TPSA) is 32.3 Å². The van der Waals surface area contributed by atoms with Gasteiger partial charge in [0, 0.05) is 13.1 Å². The highest BCUT2D eigenvalue weighted by molar-refractivity contribution is 5.78. The lowest BCUT2D eigenvalue weighted by Crippen LogP contribution is -2.41. The molecule has 17 heavy (non-hydrogen) atoms. The maximum atomic E-state index is 11.8. The fraction of sp³-hybridized carbons (Fsp3) is 0.929. The molecule has 2 aliphatic rings. The van der Waals surface area contributed by atoms with Crippen molar-refractivity contribution >= 4 is 5.91 Å². The Kier molecular flexibility index (Phi) is 4.08. The molecule has 0 unspecified atom stereocenters. The summed E-state index contributed by atoms with van der Waals surface area (Å²) in [6.45, 7) is 5.65. The van der Waals surface area contributed by atoms with Gasteiger partial charge in [0.05, 0.1) is 6.54 Å². The van der Waals surface area contributed by atoms with Gasteiger partial charge in [0.25, 0.3) is 0 Å². The minimum Gasteiger partial charge on any atom is -0.342 e. The van der Waals surface area contributed by atoms with Crippen molar-refractivity contribution in [3.63, 3.8) is 0 Å². The van der Waals surface area contributed by atoms with E-state index >= 15 is 0 Å². The first-order valence-corrected chi connectivity index (χ1v) is 7.06. The number of nitrogens with zero attached hydrogens (tertiary/aromatic N) is 1. The van der Waals surface area contributed by atoms with Gasteiger partial charge in [-0.3, -0.25) is 4.79 Å². The zero-order valence-electron chi connectivity index (χ0n) is 11.4. The number of carbonyl (C=O) groups excluding carboxylic acids is 1. The van der Waals surface area contributed by atoms with Crippen molar-refractivity contribution in [2.75, 3.05) is 20.1 Å². The second-order valence-corrected chi connectivity index (χ2v) is 6.07. The molecule has 2 saturated carbocycles. The molecule has 3 nitrogen and oxygen atoms in total. The van der Waals surface area contributed by atoms with Crippen LogP contribution >= 0.6 is 0 Å². The summed E-state index contributed by atoms with van der Waals surface area (Å²) in [5, 5.41) is 3.37. The van der Waals surface area contributed by atoms with Gasteiger partial charge in [0.2, 0.25) is 5.91 Å². The van der Waals surface area contributed by atoms with Crippen molar-refractivity contribution in [2.24, 2.45) is 17.8 Å². The predicted molar refractivity (Wildman–Crippen MR) is 69.7 cm³/mol. The highest BCUT2D eigenvalue weighted by Gasteiger charge is 2.40. The lowest BCUT2D eigenvalue weighted by Gasteiger charge is -2.22. The zero-order chi connectivity index (χ0) is 12.4. The smallest absolute Gasteiger partial charge is 0.236 e. The lowest BCUT2D eigenvalue weighted by atomic mass is 9.98. The maximum Gasteiger partial charge on any atom is 0.236 e. The Balaban J connectivity index is 1.65. The van der Waals surface area contributed by atoms with Crippen LogP contribution in [0.2, 0.25) is 0 Å². The molecule has 0 aromatic heterocycles. The van der Waals surface area contributed by atoms with Gasteiger partial charge in [-0.1, -0.05) is 0 Å². The summed E-state index contributed by atoms with van der Waals surface area (Å²) in [6.07, 6.45) is 5.68. The Morgan fingerprint density at radius 3 is 2.18 bits per heavy atom. The number of nitrogens with one attached hydrogen (secondary N) is 1. The van der Waals surface area contributed by atoms with Crippen LogP contribution in [0.4, 0.5) is 0 Å². The number of likely N-dealkylation sites (N-methyl/N-ethyl adjacent to an activating group) is 1. The summed E-state index contributed by atoms with van der Waals surface area (Å²) < 4.78 is 0. The molecule has 98 valence electrons. The molecule has 3 heteroatoms. The highest BCUT2D eigenvalue weighted by Crippen LogP contribution is 2.48. The highest BCUT2D eigenvalue weighted by atomic mass is 16.2. The average Bonchev–Trinajstić information content (AvgIpc) is 3.15. The van der Waals surface area contributed by atoms with E-state index in [2.05, 4.69) is 19.2 Å². The largest absolute Gasteiger partial charge is 0.342 e. The van der Waals surface area contributed by atoms with Gasteiger partial charge in [-0.25, -0.2) is 0 Å². The van der Waals surface area contributed by atoms with Gasteiger partial charge in [-0.05, 0) is 63.8 Å². The first kappa shape index (κ1) is 12.9. The summed E-state index contributed by atoms with van der Waals surface area (Å²) >= 11 is 0. The lowest BCUT2D eigenvalue weighted by molar-refractivity contribution is -0.130. The molecular formula is C14H26N2O. The van der Waals surface area contributed by atoms with E-state index < -0.39 is 0 Å². The zero-order valence-corrected chi connectivity index (χ0v) is 11.4. The van der Waals surface area contributed by atoms with Crippen LogP contribution in [-0.4, -0.2) is 37.0 Å². The van der Waals surface area contributed by atoms with E-state index in [4.69, 9.17) is 0 Å². The summed E-state index contributed by atoms with van der Waals surface area (Å²) in [5.74, 6) is 3.00. The van der Waals surface area contributed by atoms with Gasteiger partial charge >= 0.3 is 0 Å². The van der Waals surface area contributed by atoms with Gasteiger partial charge in [-0.2, -0.15) is 0 Å². The Morgan fingerprint density at radius 1 is 1.24 bits per heavy atom. The Morgan fingerprint density at radius 2 is 1.76 bits per heavy atom. The minimum absolute atomic E-state index is 0.213. The van der Waals surface area contributed by atoms with Crippen LogP contribution in [0, 0.1) is 17.8 Å². The van der Waals surface area contributed by atoms with Gasteiger partial charge in [0.15, 0.2) is 0 Å². The van der Waals surface area contributed by atoms with E-state index in [0.29, 0.717) is 12.6 Å². The van der Waals surface area contributed by atoms with E-state index in [1.807, 2.05) is 11.9 Å². The number of rotatable bonds is 7. The van der Waals surface area contributed by atoms with E-state index in [1.165, 1.54) is 25.7 Å². The standard InChI is InChI=1S/C14H26N2O/c1-10(2)16(3)14(17)9-15-8-13(11-4-5-11)12-6-7-12/h10-13,15H,4-9H2,1-3H3. The molecule has 0 heterocycles. The summed E-state index contributed by atoms with van der Waals surface area (Å²) in [4.78, 5) is 13.6. The molecule has 2 aliphatic carbocycles. The molecule has 0 atom stereocenters. The number of carbonyl (C=O) groups is 1. The van der Waals surface area contributed by atoms with Gasteiger partial charge in [-0.15, -0.1) is 0 Å². The van der Waals surface area contributed by atoms with Crippen molar-refractivity contribution < 1.29 is 4.79 Å². The molecule has 2 rings (SSSR count). The van der Waals surface area contributed by atoms with Crippen LogP contribution in [0.1, 0.15) is 39.5 Å². The van der Waals surface area contributed by atoms with E-state index in [1.54, 1.807) is 0 Å². The first-order chi connectivity index (χ1) is 8.09. The summed E-state index contributed by atoms with van der Waals surface area (Å²) in [6, 6.07) is 0.298. The molecular weight excluding hydrogens is 212 g/mol. The SMILES string of the molecule is CC(C)N(C)C(=O)CNCC(C1CC1)C1CC1. The monoisotopic (exact) mass is 238 g/mol. The molecule has 0 bridgehead atoms. The Hall–Kier alpha value is -0.570. The van der Waals surface area contributed by atoms with E-state index in [-0.39, 0.29) is 5.91 Å². The number of amides is 1. The van der Waals surface area contributed by atoms with Crippen LogP contribution in [0.15, 0.2) is 0 Å². The third-order valence-electron chi connectivity index (χ3n) is 4.28. The molecule has 1 N–H and O–H groups in total. The molecule has 0 aromatic rings. The van der Waals surface area contributed by atoms with Crippen molar-refractivity contribution in [1.82, 2.24) is 10.2 Å². The quantitative estimate of drug-likeness (QED) is 0.734. The van der Waals surface area contributed by atoms with Crippen molar-refractivity contribution in [3.8, 4) is 0 Å². The van der Waals surface area contributed by atoms with Crippen LogP contribution in [0.3, 0.4) is 0 Å². The minimum atomic E-state index is 0.213. The fourth-order valence-corrected chi connectivity index (χ4v) is 2.53. The average molecular weight is 238 g/mol. The van der Waals surface area contributed by atoms with Crippen LogP contribution < -0.4 is 5.32 Å².